The van der Waals surface area contributed by atoms with Crippen LogP contribution in [0.2, 0.25) is 6.04 Å². The van der Waals surface area contributed by atoms with E-state index in [0.717, 1.165) is 18.9 Å². The highest BCUT2D eigenvalue weighted by molar-refractivity contribution is 6.30. The van der Waals surface area contributed by atoms with Crippen LogP contribution in [0.15, 0.2) is 0 Å². The van der Waals surface area contributed by atoms with E-state index in [2.05, 4.69) is 6.92 Å². The second-order valence-electron chi connectivity index (χ2n) is 9.53. The fourth-order valence-corrected chi connectivity index (χ4v) is 4.95. The van der Waals surface area contributed by atoms with E-state index in [9.17, 15) is 4.79 Å². The van der Waals surface area contributed by atoms with E-state index >= 15 is 0 Å². The van der Waals surface area contributed by atoms with Crippen LogP contribution in [0.5, 0.6) is 0 Å². The van der Waals surface area contributed by atoms with Crippen molar-refractivity contribution in [2.24, 2.45) is 0 Å². The summed E-state index contributed by atoms with van der Waals surface area (Å²) in [5.41, 5.74) is 0. The van der Waals surface area contributed by atoms with Gasteiger partial charge in [0.05, 0.1) is 0 Å². The van der Waals surface area contributed by atoms with Crippen molar-refractivity contribution >= 4 is 15.7 Å². The molecule has 0 unspecified atom stereocenters. The number of hydrogen-bond acceptors (Lipinski definition) is 4. The average Bonchev–Trinajstić information content (AvgIpc) is 2.83. The van der Waals surface area contributed by atoms with E-state index in [1.54, 1.807) is 14.2 Å². The summed E-state index contributed by atoms with van der Waals surface area (Å²) >= 11 is 0. The monoisotopic (exact) mass is 484 g/mol. The number of carbonyl (C=O) groups is 1. The number of rotatable bonds is 27. The van der Waals surface area contributed by atoms with Gasteiger partial charge in [0.15, 0.2) is 6.29 Å². The standard InChI is InChI=1S/C28H56O4Si/c1-4-5-6-7-20-23-26-33-32-27(29)24-21-18-16-14-12-10-8-9-11-13-15-17-19-22-25-28(30-2)31-3/h28H,4-26H2,1-3H3. The number of ether oxygens (including phenoxy) is 2. The van der Waals surface area contributed by atoms with E-state index < -0.39 is 0 Å². The van der Waals surface area contributed by atoms with Gasteiger partial charge in [-0.25, -0.2) is 0 Å². The van der Waals surface area contributed by atoms with E-state index in [1.807, 2.05) is 0 Å². The minimum atomic E-state index is -0.0219. The summed E-state index contributed by atoms with van der Waals surface area (Å²) in [6.45, 7) is 2.25. The Labute approximate surface area is 209 Å². The molecule has 0 heterocycles. The molecule has 0 aliphatic heterocycles. The van der Waals surface area contributed by atoms with Gasteiger partial charge >= 0.3 is 9.76 Å². The Morgan fingerprint density at radius 1 is 0.606 bits per heavy atom. The molecule has 2 radical (unpaired) electrons. The predicted molar refractivity (Wildman–Crippen MR) is 142 cm³/mol. The van der Waals surface area contributed by atoms with Crippen LogP contribution >= 0.6 is 0 Å². The van der Waals surface area contributed by atoms with E-state index in [1.165, 1.54) is 122 Å². The highest BCUT2D eigenvalue weighted by Crippen LogP contribution is 2.15. The van der Waals surface area contributed by atoms with Gasteiger partial charge in [-0.1, -0.05) is 122 Å². The zero-order chi connectivity index (χ0) is 24.2. The molecular formula is C28H56O4Si. The van der Waals surface area contributed by atoms with E-state index in [4.69, 9.17) is 13.9 Å². The largest absolute Gasteiger partial charge is 0.516 e. The Kier molecular flexibility index (Phi) is 27.5. The lowest BCUT2D eigenvalue weighted by Crippen LogP contribution is -2.12. The van der Waals surface area contributed by atoms with Crippen LogP contribution in [0.25, 0.3) is 0 Å². The van der Waals surface area contributed by atoms with Crippen molar-refractivity contribution in [1.82, 2.24) is 0 Å². The van der Waals surface area contributed by atoms with E-state index in [0.29, 0.717) is 16.2 Å². The van der Waals surface area contributed by atoms with Crippen molar-refractivity contribution in [3.8, 4) is 0 Å². The smallest absolute Gasteiger partial charge is 0.314 e. The zero-order valence-corrected chi connectivity index (χ0v) is 23.5. The molecule has 5 heteroatoms. The first-order chi connectivity index (χ1) is 16.2. The molecule has 0 aliphatic rings. The topological polar surface area (TPSA) is 44.8 Å². The molecule has 0 saturated carbocycles. The highest BCUT2D eigenvalue weighted by Gasteiger charge is 2.04. The van der Waals surface area contributed by atoms with Crippen molar-refractivity contribution in [3.63, 3.8) is 0 Å². The first kappa shape index (κ1) is 32.6. The second kappa shape index (κ2) is 27.8. The van der Waals surface area contributed by atoms with Crippen LogP contribution in [0, 0.1) is 0 Å². The Morgan fingerprint density at radius 2 is 1.03 bits per heavy atom. The summed E-state index contributed by atoms with van der Waals surface area (Å²) < 4.78 is 15.8. The summed E-state index contributed by atoms with van der Waals surface area (Å²) in [7, 11) is 3.80. The lowest BCUT2D eigenvalue weighted by Gasteiger charge is -2.12. The van der Waals surface area contributed by atoms with Crippen LogP contribution in [-0.2, 0) is 18.7 Å². The Morgan fingerprint density at radius 3 is 1.52 bits per heavy atom. The number of unbranched alkanes of at least 4 members (excludes halogenated alkanes) is 18. The van der Waals surface area contributed by atoms with Gasteiger partial charge in [-0.2, -0.15) is 0 Å². The zero-order valence-electron chi connectivity index (χ0n) is 22.5. The molecule has 0 aromatic carbocycles. The van der Waals surface area contributed by atoms with Gasteiger partial charge in [0.2, 0.25) is 0 Å². The Hall–Kier alpha value is -0.393. The molecule has 0 bridgehead atoms. The van der Waals surface area contributed by atoms with Gasteiger partial charge in [0.25, 0.3) is 5.97 Å². The van der Waals surface area contributed by atoms with Gasteiger partial charge in [0.1, 0.15) is 0 Å². The van der Waals surface area contributed by atoms with Gasteiger partial charge in [-0.3, -0.25) is 4.79 Å². The average molecular weight is 485 g/mol. The third kappa shape index (κ3) is 26.1. The summed E-state index contributed by atoms with van der Waals surface area (Å²) in [4.78, 5) is 11.8. The maximum absolute atomic E-state index is 11.8. The second-order valence-corrected chi connectivity index (χ2v) is 10.5. The first-order valence-electron chi connectivity index (χ1n) is 14.2. The summed E-state index contributed by atoms with van der Waals surface area (Å²) in [6.07, 6.45) is 27.7. The van der Waals surface area contributed by atoms with Crippen molar-refractivity contribution in [2.45, 2.75) is 161 Å². The van der Waals surface area contributed by atoms with Gasteiger partial charge < -0.3 is 13.9 Å². The Balaban J connectivity index is 3.17. The fraction of sp³-hybridized carbons (Fsp3) is 0.964. The molecule has 0 aromatic heterocycles. The number of carbonyl (C=O) groups excluding carboxylic acids is 1. The molecule has 0 spiro atoms. The molecule has 0 atom stereocenters. The van der Waals surface area contributed by atoms with E-state index in [-0.39, 0.29) is 12.3 Å². The minimum Gasteiger partial charge on any atom is -0.516 e. The highest BCUT2D eigenvalue weighted by atomic mass is 28.2. The van der Waals surface area contributed by atoms with Crippen LogP contribution in [0.3, 0.4) is 0 Å². The molecule has 0 aromatic rings. The summed E-state index contributed by atoms with van der Waals surface area (Å²) in [6, 6.07) is 1.06. The SMILES string of the molecule is CCCCCCCC[Si]OC(=O)CCCCCCCCCCCCCCCCC(OC)OC. The molecule has 0 fully saturated rings. The van der Waals surface area contributed by atoms with Gasteiger partial charge in [-0.05, 0) is 25.3 Å². The Bertz CT molecular complexity index is 388. The maximum Gasteiger partial charge on any atom is 0.314 e. The normalized spacial score (nSPS) is 11.4. The third-order valence-corrected chi connectivity index (χ3v) is 7.34. The first-order valence-corrected chi connectivity index (χ1v) is 15.3. The van der Waals surface area contributed by atoms with Gasteiger partial charge in [0, 0.05) is 20.6 Å². The molecule has 0 amide bonds. The molecule has 0 aliphatic carbocycles. The van der Waals surface area contributed by atoms with Gasteiger partial charge in [-0.15, -0.1) is 0 Å². The lowest BCUT2D eigenvalue weighted by molar-refractivity contribution is -0.134. The van der Waals surface area contributed by atoms with Crippen molar-refractivity contribution < 1.29 is 18.7 Å². The van der Waals surface area contributed by atoms with Crippen molar-refractivity contribution in [3.05, 3.63) is 0 Å². The molecular weight excluding hydrogens is 428 g/mol. The van der Waals surface area contributed by atoms with Crippen molar-refractivity contribution in [1.29, 1.82) is 0 Å². The third-order valence-electron chi connectivity index (χ3n) is 6.41. The molecule has 196 valence electrons. The number of hydrogen-bond donors (Lipinski definition) is 0. The molecule has 4 nitrogen and oxygen atoms in total. The fourth-order valence-electron chi connectivity index (χ4n) is 4.19. The molecule has 0 N–H and O–H groups in total. The molecule has 33 heavy (non-hydrogen) atoms. The predicted octanol–water partition coefficient (Wildman–Crippen LogP) is 8.79. The summed E-state index contributed by atoms with van der Waals surface area (Å²) in [5, 5.41) is 0. The maximum atomic E-state index is 11.8. The summed E-state index contributed by atoms with van der Waals surface area (Å²) in [5.74, 6) is 0.0217. The van der Waals surface area contributed by atoms with Crippen molar-refractivity contribution in [2.75, 3.05) is 14.2 Å². The quantitative estimate of drug-likeness (QED) is 0.0663. The lowest BCUT2D eigenvalue weighted by atomic mass is 10.0. The molecule has 0 rings (SSSR count). The van der Waals surface area contributed by atoms with Crippen LogP contribution in [0.1, 0.15) is 148 Å². The van der Waals surface area contributed by atoms with Crippen LogP contribution < -0.4 is 0 Å². The van der Waals surface area contributed by atoms with Crippen LogP contribution in [0.4, 0.5) is 0 Å². The van der Waals surface area contributed by atoms with Crippen LogP contribution in [-0.4, -0.2) is 36.2 Å². The molecule has 0 saturated heterocycles. The minimum absolute atomic E-state index is 0.0217. The number of methoxy groups -OCH3 is 2.